The second-order valence-corrected chi connectivity index (χ2v) is 4.18. The van der Waals surface area contributed by atoms with Gasteiger partial charge in [-0.3, -0.25) is 0 Å². The number of likely N-dealkylation sites (N-methyl/N-ethyl adjacent to an activating group) is 2. The van der Waals surface area contributed by atoms with Gasteiger partial charge in [0, 0.05) is 31.6 Å². The molecule has 0 radical (unpaired) electrons. The molecule has 0 bridgehead atoms. The zero-order valence-corrected chi connectivity index (χ0v) is 10.2. The van der Waals surface area contributed by atoms with Gasteiger partial charge in [-0.15, -0.1) is 0 Å². The molecule has 16 heavy (non-hydrogen) atoms. The maximum absolute atomic E-state index is 6.05. The number of fused-ring (bicyclic) bond motifs is 1. The van der Waals surface area contributed by atoms with Crippen molar-refractivity contribution in [1.82, 2.24) is 5.32 Å². The van der Waals surface area contributed by atoms with Gasteiger partial charge in [-0.05, 0) is 13.1 Å². The first-order valence-corrected chi connectivity index (χ1v) is 5.64. The first-order chi connectivity index (χ1) is 7.72. The Morgan fingerprint density at radius 1 is 1.44 bits per heavy atom. The van der Waals surface area contributed by atoms with Crippen LogP contribution in [-0.2, 0) is 0 Å². The third-order valence-electron chi connectivity index (χ3n) is 2.56. The summed E-state index contributed by atoms with van der Waals surface area (Å²) in [6.45, 7) is 1.81. The zero-order valence-electron chi connectivity index (χ0n) is 9.46. The highest BCUT2D eigenvalue weighted by atomic mass is 35.5. The van der Waals surface area contributed by atoms with Crippen molar-refractivity contribution in [3.63, 3.8) is 0 Å². The summed E-state index contributed by atoms with van der Waals surface area (Å²) in [7, 11) is 3.94. The Balaban J connectivity index is 2.29. The summed E-state index contributed by atoms with van der Waals surface area (Å²) < 4.78 is 5.72. The largest absolute Gasteiger partial charge is 0.439 e. The summed E-state index contributed by atoms with van der Waals surface area (Å²) in [5.74, 6) is 0.846. The van der Waals surface area contributed by atoms with Gasteiger partial charge in [0.25, 0.3) is 0 Å². The molecule has 1 aromatic carbocycles. The molecule has 0 fully saturated rings. The molecule has 0 unspecified atom stereocenters. The first kappa shape index (κ1) is 11.3. The normalized spacial score (nSPS) is 10.9. The number of hydrogen-bond acceptors (Lipinski definition) is 3. The van der Waals surface area contributed by atoms with E-state index in [1.54, 1.807) is 0 Å². The van der Waals surface area contributed by atoms with Gasteiger partial charge in [-0.25, -0.2) is 0 Å². The Morgan fingerprint density at radius 2 is 2.25 bits per heavy atom. The molecule has 0 atom stereocenters. The van der Waals surface area contributed by atoms with Crippen LogP contribution < -0.4 is 10.2 Å². The highest BCUT2D eigenvalue weighted by Crippen LogP contribution is 2.30. The summed E-state index contributed by atoms with van der Waals surface area (Å²) >= 11 is 6.05. The van der Waals surface area contributed by atoms with E-state index in [9.17, 15) is 0 Å². The Hall–Kier alpha value is -1.19. The molecule has 3 nitrogen and oxygen atoms in total. The maximum atomic E-state index is 6.05. The van der Waals surface area contributed by atoms with E-state index >= 15 is 0 Å². The predicted octanol–water partition coefficient (Wildman–Crippen LogP) is 2.74. The van der Waals surface area contributed by atoms with Gasteiger partial charge >= 0.3 is 0 Å². The molecule has 0 saturated carbocycles. The molecule has 1 heterocycles. The topological polar surface area (TPSA) is 28.4 Å². The van der Waals surface area contributed by atoms with E-state index in [4.69, 9.17) is 16.0 Å². The van der Waals surface area contributed by atoms with Gasteiger partial charge in [0.15, 0.2) is 11.5 Å². The quantitative estimate of drug-likeness (QED) is 0.888. The molecule has 2 rings (SSSR count). The molecule has 0 aliphatic carbocycles. The van der Waals surface area contributed by atoms with Crippen LogP contribution in [0.1, 0.15) is 0 Å². The average Bonchev–Trinajstić information content (AvgIpc) is 2.71. The van der Waals surface area contributed by atoms with Crippen LogP contribution in [0, 0.1) is 0 Å². The van der Waals surface area contributed by atoms with Crippen LogP contribution in [0.15, 0.2) is 28.7 Å². The molecule has 0 spiro atoms. The van der Waals surface area contributed by atoms with E-state index in [2.05, 4.69) is 10.2 Å². The monoisotopic (exact) mass is 238 g/mol. The van der Waals surface area contributed by atoms with Crippen molar-refractivity contribution in [2.24, 2.45) is 0 Å². The second kappa shape index (κ2) is 4.76. The number of nitrogens with zero attached hydrogens (tertiary/aromatic N) is 1. The summed E-state index contributed by atoms with van der Waals surface area (Å²) in [6.07, 6.45) is 0. The maximum Gasteiger partial charge on any atom is 0.196 e. The lowest BCUT2D eigenvalue weighted by molar-refractivity contribution is 0.592. The fraction of sp³-hybridized carbons (Fsp3) is 0.333. The van der Waals surface area contributed by atoms with Crippen molar-refractivity contribution in [1.29, 1.82) is 0 Å². The van der Waals surface area contributed by atoms with E-state index in [-0.39, 0.29) is 0 Å². The van der Waals surface area contributed by atoms with Crippen molar-refractivity contribution in [2.75, 3.05) is 32.1 Å². The Bertz CT molecular complexity index is 481. The van der Waals surface area contributed by atoms with E-state index in [0.717, 1.165) is 29.9 Å². The van der Waals surface area contributed by atoms with Crippen molar-refractivity contribution in [3.05, 3.63) is 29.3 Å². The van der Waals surface area contributed by atoms with Gasteiger partial charge in [-0.1, -0.05) is 23.7 Å². The minimum absolute atomic E-state index is 0.658. The van der Waals surface area contributed by atoms with Crippen molar-refractivity contribution in [3.8, 4) is 0 Å². The first-order valence-electron chi connectivity index (χ1n) is 5.26. The SMILES string of the molecule is CNCCN(C)c1cc2cccc(Cl)c2o1. The Morgan fingerprint density at radius 3 is 2.94 bits per heavy atom. The predicted molar refractivity (Wildman–Crippen MR) is 68.4 cm³/mol. The molecular weight excluding hydrogens is 224 g/mol. The van der Waals surface area contributed by atoms with E-state index in [0.29, 0.717) is 5.02 Å². The summed E-state index contributed by atoms with van der Waals surface area (Å²) in [5.41, 5.74) is 0.760. The molecule has 2 aromatic rings. The Kier molecular flexibility index (Phi) is 3.36. The molecule has 0 amide bonds. The summed E-state index contributed by atoms with van der Waals surface area (Å²) in [6, 6.07) is 7.78. The van der Waals surface area contributed by atoms with Crippen molar-refractivity contribution >= 4 is 28.5 Å². The lowest BCUT2D eigenvalue weighted by Gasteiger charge is -2.14. The third kappa shape index (κ3) is 2.15. The van der Waals surface area contributed by atoms with E-state index < -0.39 is 0 Å². The lowest BCUT2D eigenvalue weighted by atomic mass is 10.2. The molecule has 0 aliphatic heterocycles. The van der Waals surface area contributed by atoms with Gasteiger partial charge in [0.05, 0.1) is 5.02 Å². The second-order valence-electron chi connectivity index (χ2n) is 3.77. The fourth-order valence-corrected chi connectivity index (χ4v) is 1.81. The van der Waals surface area contributed by atoms with Gasteiger partial charge in [0.2, 0.25) is 0 Å². The van der Waals surface area contributed by atoms with Crippen LogP contribution in [0.25, 0.3) is 11.0 Å². The number of anilines is 1. The summed E-state index contributed by atoms with van der Waals surface area (Å²) in [4.78, 5) is 2.06. The molecular formula is C12H15ClN2O. The summed E-state index contributed by atoms with van der Waals surface area (Å²) in [5, 5.41) is 4.80. The van der Waals surface area contributed by atoms with Crippen molar-refractivity contribution in [2.45, 2.75) is 0 Å². The number of furan rings is 1. The van der Waals surface area contributed by atoms with E-state index in [1.165, 1.54) is 0 Å². The minimum atomic E-state index is 0.658. The third-order valence-corrected chi connectivity index (χ3v) is 2.85. The van der Waals surface area contributed by atoms with Crippen LogP contribution in [0.5, 0.6) is 0 Å². The number of nitrogens with one attached hydrogen (secondary N) is 1. The van der Waals surface area contributed by atoms with Crippen LogP contribution in [0.2, 0.25) is 5.02 Å². The van der Waals surface area contributed by atoms with Crippen LogP contribution in [0.4, 0.5) is 5.88 Å². The number of halogens is 1. The van der Waals surface area contributed by atoms with Crippen LogP contribution in [-0.4, -0.2) is 27.2 Å². The van der Waals surface area contributed by atoms with Gasteiger partial charge in [0.1, 0.15) is 0 Å². The molecule has 1 aromatic heterocycles. The minimum Gasteiger partial charge on any atom is -0.439 e. The van der Waals surface area contributed by atoms with Crippen molar-refractivity contribution < 1.29 is 4.42 Å². The molecule has 1 N–H and O–H groups in total. The molecule has 4 heteroatoms. The zero-order chi connectivity index (χ0) is 11.5. The average molecular weight is 239 g/mol. The number of hydrogen-bond donors (Lipinski definition) is 1. The van der Waals surface area contributed by atoms with Crippen LogP contribution in [0.3, 0.4) is 0 Å². The molecule has 0 aliphatic rings. The number of benzene rings is 1. The number of rotatable bonds is 4. The fourth-order valence-electron chi connectivity index (χ4n) is 1.59. The number of para-hydroxylation sites is 1. The Labute approximate surface area is 100.0 Å². The molecule has 0 saturated heterocycles. The smallest absolute Gasteiger partial charge is 0.196 e. The highest BCUT2D eigenvalue weighted by Gasteiger charge is 2.09. The van der Waals surface area contributed by atoms with Gasteiger partial charge in [-0.2, -0.15) is 0 Å². The standard InChI is InChI=1S/C12H15ClN2O/c1-14-6-7-15(2)11-8-9-4-3-5-10(13)12(9)16-11/h3-5,8,14H,6-7H2,1-2H3. The molecule has 86 valence electrons. The van der Waals surface area contributed by atoms with Crippen LogP contribution >= 0.6 is 11.6 Å². The van der Waals surface area contributed by atoms with E-state index in [1.807, 2.05) is 38.4 Å². The lowest BCUT2D eigenvalue weighted by Crippen LogP contribution is -2.26. The highest BCUT2D eigenvalue weighted by molar-refractivity contribution is 6.34. The van der Waals surface area contributed by atoms with Gasteiger partial charge < -0.3 is 14.6 Å².